The van der Waals surface area contributed by atoms with Crippen molar-refractivity contribution in [1.29, 1.82) is 0 Å². The van der Waals surface area contributed by atoms with E-state index in [1.54, 1.807) is 6.07 Å². The highest BCUT2D eigenvalue weighted by atomic mass is 16.4. The Bertz CT molecular complexity index is 1190. The lowest BCUT2D eigenvalue weighted by molar-refractivity contribution is -0.119. The molecule has 1 saturated carbocycles. The van der Waals surface area contributed by atoms with Crippen molar-refractivity contribution in [1.82, 2.24) is 0 Å². The van der Waals surface area contributed by atoms with Gasteiger partial charge >= 0.3 is 5.97 Å². The fourth-order valence-corrected chi connectivity index (χ4v) is 5.72. The van der Waals surface area contributed by atoms with E-state index >= 15 is 0 Å². The Morgan fingerprint density at radius 1 is 1.00 bits per heavy atom. The first-order chi connectivity index (χ1) is 15.5. The first-order valence-electron chi connectivity index (χ1n) is 11.2. The van der Waals surface area contributed by atoms with Gasteiger partial charge in [-0.25, -0.2) is 4.79 Å². The van der Waals surface area contributed by atoms with Crippen LogP contribution in [-0.4, -0.2) is 16.9 Å². The minimum Gasteiger partial charge on any atom is -0.478 e. The Kier molecular flexibility index (Phi) is 5.26. The Labute approximate surface area is 188 Å². The normalized spacial score (nSPS) is 23.4. The van der Waals surface area contributed by atoms with Crippen LogP contribution in [0.15, 0.2) is 84.4 Å². The number of hydrogen-bond acceptors (Lipinski definition) is 2. The summed E-state index contributed by atoms with van der Waals surface area (Å²) in [6, 6.07) is 26.1. The molecule has 0 unspecified atom stereocenters. The highest BCUT2D eigenvalue weighted by Gasteiger charge is 2.49. The zero-order chi connectivity index (χ0) is 22.1. The monoisotopic (exact) mass is 422 g/mol. The van der Waals surface area contributed by atoms with Crippen LogP contribution in [0.5, 0.6) is 0 Å². The first kappa shape index (κ1) is 20.4. The van der Waals surface area contributed by atoms with Gasteiger partial charge in [-0.2, -0.15) is 0 Å². The first-order valence-corrected chi connectivity index (χ1v) is 11.2. The van der Waals surface area contributed by atoms with Crippen LogP contribution in [0, 0.1) is 5.92 Å². The number of carbonyl (C=O) groups is 2. The van der Waals surface area contributed by atoms with E-state index in [2.05, 4.69) is 24.3 Å². The minimum atomic E-state index is -0.893. The van der Waals surface area contributed by atoms with E-state index in [9.17, 15) is 14.7 Å². The van der Waals surface area contributed by atoms with Crippen molar-refractivity contribution in [3.63, 3.8) is 0 Å². The maximum atomic E-state index is 13.2. The summed E-state index contributed by atoms with van der Waals surface area (Å²) in [6.45, 7) is 0. The van der Waals surface area contributed by atoms with E-state index in [0.29, 0.717) is 18.4 Å². The highest BCUT2D eigenvalue weighted by Crippen LogP contribution is 2.52. The summed E-state index contributed by atoms with van der Waals surface area (Å²) in [7, 11) is 0. The fraction of sp³-hybridized carbons (Fsp3) is 0.241. The third-order valence-corrected chi connectivity index (χ3v) is 7.23. The molecule has 2 atom stereocenters. The summed E-state index contributed by atoms with van der Waals surface area (Å²) < 4.78 is 0. The highest BCUT2D eigenvalue weighted by molar-refractivity contribution is 6.01. The third kappa shape index (κ3) is 3.69. The molecule has 0 heterocycles. The molecule has 0 bridgehead atoms. The standard InChI is InChI=1S/C29H26O3/c30-27-17-25-13-11-22-16-23(28(31)32)12-14-26(22)29(25,18-21-9-5-2-6-10-21)19-24(27)15-20-7-3-1-4-8-20/h1-10,12,14-16,25H,11,13,17-19H2,(H,31,32)/t25-,29-/m1/s1. The largest absolute Gasteiger partial charge is 0.478 e. The van der Waals surface area contributed by atoms with Gasteiger partial charge in [0.2, 0.25) is 0 Å². The zero-order valence-electron chi connectivity index (χ0n) is 18.0. The summed E-state index contributed by atoms with van der Waals surface area (Å²) in [4.78, 5) is 24.7. The predicted octanol–water partition coefficient (Wildman–Crippen LogP) is 5.87. The quantitative estimate of drug-likeness (QED) is 0.535. The Morgan fingerprint density at radius 2 is 1.72 bits per heavy atom. The third-order valence-electron chi connectivity index (χ3n) is 7.23. The van der Waals surface area contributed by atoms with Crippen LogP contribution < -0.4 is 0 Å². The number of carbonyl (C=O) groups excluding carboxylic acids is 1. The molecule has 32 heavy (non-hydrogen) atoms. The van der Waals surface area contributed by atoms with Gasteiger partial charge in [0, 0.05) is 11.8 Å². The van der Waals surface area contributed by atoms with E-state index < -0.39 is 5.97 Å². The molecular weight excluding hydrogens is 396 g/mol. The molecule has 0 spiro atoms. The van der Waals surface area contributed by atoms with Gasteiger partial charge in [0.05, 0.1) is 5.56 Å². The molecule has 0 aromatic heterocycles. The minimum absolute atomic E-state index is 0.208. The Morgan fingerprint density at radius 3 is 2.44 bits per heavy atom. The van der Waals surface area contributed by atoms with E-state index in [0.717, 1.165) is 36.0 Å². The molecule has 160 valence electrons. The van der Waals surface area contributed by atoms with Gasteiger partial charge in [0.1, 0.15) is 0 Å². The molecule has 0 amide bonds. The summed E-state index contributed by atoms with van der Waals surface area (Å²) in [6.07, 6.45) is 5.85. The number of hydrogen-bond donors (Lipinski definition) is 1. The van der Waals surface area contributed by atoms with Crippen molar-refractivity contribution in [2.75, 3.05) is 0 Å². The molecule has 3 aromatic carbocycles. The lowest BCUT2D eigenvalue weighted by Gasteiger charge is -2.49. The van der Waals surface area contributed by atoms with Crippen molar-refractivity contribution in [3.8, 4) is 0 Å². The molecule has 3 heteroatoms. The van der Waals surface area contributed by atoms with E-state index in [1.165, 1.54) is 11.1 Å². The fourth-order valence-electron chi connectivity index (χ4n) is 5.72. The number of rotatable bonds is 4. The lowest BCUT2D eigenvalue weighted by atomic mass is 9.54. The average molecular weight is 423 g/mol. The number of aromatic carboxylic acids is 1. The van der Waals surface area contributed by atoms with Crippen LogP contribution in [0.25, 0.3) is 6.08 Å². The van der Waals surface area contributed by atoms with Gasteiger partial charge in [0.15, 0.2) is 5.78 Å². The molecule has 2 aliphatic carbocycles. The average Bonchev–Trinajstić information content (AvgIpc) is 2.81. The number of carboxylic acid groups (broad SMARTS) is 1. The van der Waals surface area contributed by atoms with Gasteiger partial charge in [-0.05, 0) is 77.6 Å². The van der Waals surface area contributed by atoms with Gasteiger partial charge in [-0.1, -0.05) is 66.7 Å². The molecule has 2 aliphatic rings. The van der Waals surface area contributed by atoms with Gasteiger partial charge in [0.25, 0.3) is 0 Å². The zero-order valence-corrected chi connectivity index (χ0v) is 18.0. The molecule has 3 aromatic rings. The second-order valence-electron chi connectivity index (χ2n) is 9.12. The number of carboxylic acids is 1. The van der Waals surface area contributed by atoms with Crippen LogP contribution in [0.1, 0.15) is 51.9 Å². The van der Waals surface area contributed by atoms with Crippen molar-refractivity contribution in [2.45, 2.75) is 37.5 Å². The smallest absolute Gasteiger partial charge is 0.335 e. The van der Waals surface area contributed by atoms with Crippen molar-refractivity contribution < 1.29 is 14.7 Å². The molecule has 1 N–H and O–H groups in total. The summed E-state index contributed by atoms with van der Waals surface area (Å²) >= 11 is 0. The van der Waals surface area contributed by atoms with Crippen LogP contribution in [-0.2, 0) is 23.1 Å². The van der Waals surface area contributed by atoms with Crippen molar-refractivity contribution in [3.05, 3.63) is 112 Å². The molecule has 0 radical (unpaired) electrons. The number of ketones is 1. The number of aryl methyl sites for hydroxylation is 1. The predicted molar refractivity (Wildman–Crippen MR) is 126 cm³/mol. The molecule has 1 fully saturated rings. The Hall–Kier alpha value is -3.46. The number of fused-ring (bicyclic) bond motifs is 3. The molecule has 0 aliphatic heterocycles. The second-order valence-corrected chi connectivity index (χ2v) is 9.12. The lowest BCUT2D eigenvalue weighted by Crippen LogP contribution is -2.46. The number of benzene rings is 3. The Balaban J connectivity index is 1.64. The molecule has 3 nitrogen and oxygen atoms in total. The van der Waals surface area contributed by atoms with E-state index in [1.807, 2.05) is 54.6 Å². The van der Waals surface area contributed by atoms with Gasteiger partial charge in [-0.15, -0.1) is 0 Å². The molecule has 5 rings (SSSR count). The van der Waals surface area contributed by atoms with Gasteiger partial charge in [-0.3, -0.25) is 4.79 Å². The topological polar surface area (TPSA) is 54.4 Å². The molecular formula is C29H26O3. The molecule has 0 saturated heterocycles. The van der Waals surface area contributed by atoms with Crippen LogP contribution in [0.4, 0.5) is 0 Å². The van der Waals surface area contributed by atoms with Crippen LogP contribution in [0.2, 0.25) is 0 Å². The van der Waals surface area contributed by atoms with E-state index in [4.69, 9.17) is 0 Å². The van der Waals surface area contributed by atoms with Crippen LogP contribution >= 0.6 is 0 Å². The number of Topliss-reactive ketones (excluding diaryl/α,β-unsaturated/α-hetero) is 1. The number of allylic oxidation sites excluding steroid dienone is 1. The second kappa shape index (κ2) is 8.23. The SMILES string of the molecule is O=C1C[C@H]2CCc3cc(C(=O)O)ccc3[C@]2(Cc2ccccc2)CC1=Cc1ccccc1. The summed E-state index contributed by atoms with van der Waals surface area (Å²) in [5.74, 6) is -0.394. The maximum Gasteiger partial charge on any atom is 0.335 e. The van der Waals surface area contributed by atoms with E-state index in [-0.39, 0.29) is 17.1 Å². The maximum absolute atomic E-state index is 13.2. The summed E-state index contributed by atoms with van der Waals surface area (Å²) in [5, 5.41) is 9.51. The summed E-state index contributed by atoms with van der Waals surface area (Å²) in [5.41, 5.74) is 5.63. The van der Waals surface area contributed by atoms with Crippen molar-refractivity contribution >= 4 is 17.8 Å². The van der Waals surface area contributed by atoms with Crippen molar-refractivity contribution in [2.24, 2.45) is 5.92 Å². The van der Waals surface area contributed by atoms with Gasteiger partial charge < -0.3 is 5.11 Å². The van der Waals surface area contributed by atoms with Crippen LogP contribution in [0.3, 0.4) is 0 Å².